The van der Waals surface area contributed by atoms with Crippen LogP contribution in [0.25, 0.3) is 0 Å². The Kier molecular flexibility index (Phi) is 3.37. The van der Waals surface area contributed by atoms with Crippen molar-refractivity contribution in [2.24, 2.45) is 0 Å². The van der Waals surface area contributed by atoms with E-state index < -0.39 is 0 Å². The fraction of sp³-hybridized carbons (Fsp3) is 0.143. The van der Waals surface area contributed by atoms with Gasteiger partial charge in [0, 0.05) is 17.3 Å². The Morgan fingerprint density at radius 1 is 1.28 bits per heavy atom. The second-order valence-corrected chi connectivity index (χ2v) is 3.90. The summed E-state index contributed by atoms with van der Waals surface area (Å²) in [5.41, 5.74) is 1.48. The predicted molar refractivity (Wildman–Crippen MR) is 65.4 cm³/mol. The van der Waals surface area contributed by atoms with E-state index >= 15 is 0 Å². The van der Waals surface area contributed by atoms with Crippen molar-refractivity contribution in [2.45, 2.75) is 6.92 Å². The minimum Gasteiger partial charge on any atom is -0.495 e. The number of carbonyl (C=O) groups excluding carboxylic acids is 1. The van der Waals surface area contributed by atoms with Crippen LogP contribution in [0, 0.1) is 12.7 Å². The van der Waals surface area contributed by atoms with Crippen molar-refractivity contribution in [3.63, 3.8) is 0 Å². The second kappa shape index (κ2) is 4.96. The molecule has 1 heterocycles. The molecule has 4 heteroatoms. The minimum atomic E-state index is -0.354. The summed E-state index contributed by atoms with van der Waals surface area (Å²) in [5, 5.41) is 0. The first-order valence-electron chi connectivity index (χ1n) is 5.41. The Morgan fingerprint density at radius 3 is 2.72 bits per heavy atom. The number of ether oxygens (including phenoxy) is 1. The van der Waals surface area contributed by atoms with E-state index in [2.05, 4.69) is 4.98 Å². The first-order valence-corrected chi connectivity index (χ1v) is 5.41. The molecule has 1 aromatic carbocycles. The molecule has 0 unspecified atom stereocenters. The van der Waals surface area contributed by atoms with Crippen molar-refractivity contribution in [3.8, 4) is 5.75 Å². The van der Waals surface area contributed by atoms with Crippen LogP contribution in [0.4, 0.5) is 4.39 Å². The van der Waals surface area contributed by atoms with Crippen LogP contribution in [0.3, 0.4) is 0 Å². The lowest BCUT2D eigenvalue weighted by atomic mass is 10.00. The molecule has 0 radical (unpaired) electrons. The molecule has 2 rings (SSSR count). The van der Waals surface area contributed by atoms with Crippen LogP contribution >= 0.6 is 0 Å². The Balaban J connectivity index is 2.41. The molecule has 0 atom stereocenters. The summed E-state index contributed by atoms with van der Waals surface area (Å²) in [6.45, 7) is 1.70. The number of methoxy groups -OCH3 is 1. The summed E-state index contributed by atoms with van der Waals surface area (Å²) in [6, 6.07) is 5.69. The van der Waals surface area contributed by atoms with Gasteiger partial charge in [-0.2, -0.15) is 0 Å². The lowest BCUT2D eigenvalue weighted by molar-refractivity contribution is 0.103. The third kappa shape index (κ3) is 2.37. The standard InChI is InChI=1S/C14H12FNO2/c1-9-5-11(15)3-4-13(9)14(17)10-6-12(18-2)8-16-7-10/h3-8H,1-2H3. The normalized spacial score (nSPS) is 10.2. The highest BCUT2D eigenvalue weighted by molar-refractivity contribution is 6.09. The third-order valence-corrected chi connectivity index (χ3v) is 2.64. The number of hydrogen-bond acceptors (Lipinski definition) is 3. The number of aryl methyl sites for hydroxylation is 1. The van der Waals surface area contributed by atoms with Gasteiger partial charge >= 0.3 is 0 Å². The van der Waals surface area contributed by atoms with Crippen molar-refractivity contribution >= 4 is 5.78 Å². The van der Waals surface area contributed by atoms with Crippen molar-refractivity contribution < 1.29 is 13.9 Å². The third-order valence-electron chi connectivity index (χ3n) is 2.64. The van der Waals surface area contributed by atoms with Gasteiger partial charge in [0.2, 0.25) is 0 Å². The molecule has 0 spiro atoms. The zero-order chi connectivity index (χ0) is 13.1. The van der Waals surface area contributed by atoms with Crippen LogP contribution in [0.2, 0.25) is 0 Å². The fourth-order valence-electron chi connectivity index (χ4n) is 1.69. The lowest BCUT2D eigenvalue weighted by Gasteiger charge is -2.06. The maximum Gasteiger partial charge on any atom is 0.194 e. The molecule has 3 nitrogen and oxygen atoms in total. The SMILES string of the molecule is COc1cncc(C(=O)c2ccc(F)cc2C)c1. The minimum absolute atomic E-state index is 0.195. The molecular formula is C14H12FNO2. The van der Waals surface area contributed by atoms with Gasteiger partial charge in [0.15, 0.2) is 5.78 Å². The van der Waals surface area contributed by atoms with Gasteiger partial charge < -0.3 is 4.74 Å². The first kappa shape index (κ1) is 12.2. The van der Waals surface area contributed by atoms with Gasteiger partial charge in [0.05, 0.1) is 13.3 Å². The van der Waals surface area contributed by atoms with Gasteiger partial charge in [-0.3, -0.25) is 9.78 Å². The van der Waals surface area contributed by atoms with Crippen molar-refractivity contribution in [2.75, 3.05) is 7.11 Å². The van der Waals surface area contributed by atoms with Gasteiger partial charge in [-0.05, 0) is 36.8 Å². The monoisotopic (exact) mass is 245 g/mol. The number of rotatable bonds is 3. The highest BCUT2D eigenvalue weighted by Gasteiger charge is 2.13. The van der Waals surface area contributed by atoms with E-state index in [4.69, 9.17) is 4.74 Å². The molecular weight excluding hydrogens is 233 g/mol. The highest BCUT2D eigenvalue weighted by Crippen LogP contribution is 2.17. The fourth-order valence-corrected chi connectivity index (χ4v) is 1.69. The molecule has 0 aliphatic rings. The van der Waals surface area contributed by atoms with Crippen molar-refractivity contribution in [1.82, 2.24) is 4.98 Å². The van der Waals surface area contributed by atoms with E-state index in [1.807, 2.05) is 0 Å². The molecule has 92 valence electrons. The van der Waals surface area contributed by atoms with Crippen molar-refractivity contribution in [3.05, 3.63) is 59.2 Å². The van der Waals surface area contributed by atoms with Crippen molar-refractivity contribution in [1.29, 1.82) is 0 Å². The molecule has 0 amide bonds. The molecule has 18 heavy (non-hydrogen) atoms. The molecule has 0 saturated heterocycles. The summed E-state index contributed by atoms with van der Waals surface area (Å²) < 4.78 is 18.0. The molecule has 0 N–H and O–H groups in total. The van der Waals surface area contributed by atoms with Crippen LogP contribution in [-0.2, 0) is 0 Å². The topological polar surface area (TPSA) is 39.2 Å². The first-order chi connectivity index (χ1) is 8.61. The Morgan fingerprint density at radius 2 is 2.06 bits per heavy atom. The summed E-state index contributed by atoms with van der Waals surface area (Å²) in [5.74, 6) is -0.0349. The number of pyridine rings is 1. The molecule has 0 saturated carbocycles. The van der Waals surface area contributed by atoms with Crippen LogP contribution in [0.5, 0.6) is 5.75 Å². The summed E-state index contributed by atoms with van der Waals surface area (Å²) in [4.78, 5) is 16.2. The number of hydrogen-bond donors (Lipinski definition) is 0. The number of ketones is 1. The maximum atomic E-state index is 13.0. The van der Waals surface area contributed by atoms with Gasteiger partial charge in [0.1, 0.15) is 11.6 Å². The van der Waals surface area contributed by atoms with E-state index in [9.17, 15) is 9.18 Å². The number of carbonyl (C=O) groups is 1. The molecule has 1 aromatic heterocycles. The van der Waals surface area contributed by atoms with E-state index in [0.29, 0.717) is 22.4 Å². The van der Waals surface area contributed by atoms with E-state index in [1.54, 1.807) is 13.0 Å². The smallest absolute Gasteiger partial charge is 0.194 e. The molecule has 0 fully saturated rings. The van der Waals surface area contributed by atoms with Crippen LogP contribution in [0.15, 0.2) is 36.7 Å². The zero-order valence-electron chi connectivity index (χ0n) is 10.1. The van der Waals surface area contributed by atoms with Gasteiger partial charge in [-0.1, -0.05) is 0 Å². The van der Waals surface area contributed by atoms with Gasteiger partial charge in [-0.15, -0.1) is 0 Å². The van der Waals surface area contributed by atoms with Crippen LogP contribution in [0.1, 0.15) is 21.5 Å². The number of halogens is 1. The molecule has 0 aliphatic carbocycles. The quantitative estimate of drug-likeness (QED) is 0.780. The number of aromatic nitrogens is 1. The maximum absolute atomic E-state index is 13.0. The highest BCUT2D eigenvalue weighted by atomic mass is 19.1. The number of benzene rings is 1. The lowest BCUT2D eigenvalue weighted by Crippen LogP contribution is -2.05. The molecule has 0 bridgehead atoms. The summed E-state index contributed by atoms with van der Waals surface area (Å²) >= 11 is 0. The van der Waals surface area contributed by atoms with E-state index in [-0.39, 0.29) is 11.6 Å². The summed E-state index contributed by atoms with van der Waals surface area (Å²) in [7, 11) is 1.51. The van der Waals surface area contributed by atoms with Gasteiger partial charge in [0.25, 0.3) is 0 Å². The Hall–Kier alpha value is -2.23. The predicted octanol–water partition coefficient (Wildman–Crippen LogP) is 2.77. The Bertz CT molecular complexity index is 596. The molecule has 0 aliphatic heterocycles. The average molecular weight is 245 g/mol. The largest absolute Gasteiger partial charge is 0.495 e. The summed E-state index contributed by atoms with van der Waals surface area (Å²) in [6.07, 6.45) is 2.99. The van der Waals surface area contributed by atoms with E-state index in [1.165, 1.54) is 37.7 Å². The van der Waals surface area contributed by atoms with Crippen LogP contribution < -0.4 is 4.74 Å². The zero-order valence-corrected chi connectivity index (χ0v) is 10.1. The molecule has 2 aromatic rings. The second-order valence-electron chi connectivity index (χ2n) is 3.90. The van der Waals surface area contributed by atoms with Gasteiger partial charge in [-0.25, -0.2) is 4.39 Å². The Labute approximate surface area is 104 Å². The van der Waals surface area contributed by atoms with E-state index in [0.717, 1.165) is 0 Å². The number of nitrogens with zero attached hydrogens (tertiary/aromatic N) is 1. The average Bonchev–Trinajstić information content (AvgIpc) is 2.38. The van der Waals surface area contributed by atoms with Crippen LogP contribution in [-0.4, -0.2) is 17.9 Å².